The second kappa shape index (κ2) is 13.5. The fourth-order valence-electron chi connectivity index (χ4n) is 6.29. The van der Waals surface area contributed by atoms with Crippen LogP contribution in [0.25, 0.3) is 0 Å². The molecule has 0 amide bonds. The summed E-state index contributed by atoms with van der Waals surface area (Å²) < 4.78 is 0. The summed E-state index contributed by atoms with van der Waals surface area (Å²) in [6, 6.07) is 9.85. The quantitative estimate of drug-likeness (QED) is 0.219. The van der Waals surface area contributed by atoms with E-state index in [1.54, 1.807) is 11.1 Å². The van der Waals surface area contributed by atoms with Gasteiger partial charge in [0, 0.05) is 0 Å². The molecule has 0 N–H and O–H groups in total. The van der Waals surface area contributed by atoms with Crippen LogP contribution in [0.3, 0.4) is 0 Å². The van der Waals surface area contributed by atoms with Gasteiger partial charge in [0.2, 0.25) is 0 Å². The lowest BCUT2D eigenvalue weighted by atomic mass is 9.66. The van der Waals surface area contributed by atoms with E-state index >= 15 is 0 Å². The third kappa shape index (κ3) is 8.11. The molecule has 0 bridgehead atoms. The van der Waals surface area contributed by atoms with E-state index < -0.39 is 0 Å². The smallest absolute Gasteiger partial charge is 0.0125 e. The average molecular weight is 423 g/mol. The van der Waals surface area contributed by atoms with Gasteiger partial charge in [-0.3, -0.25) is 0 Å². The van der Waals surface area contributed by atoms with Crippen LogP contribution in [0, 0.1) is 5.41 Å². The van der Waals surface area contributed by atoms with Crippen LogP contribution in [0.4, 0.5) is 0 Å². The van der Waals surface area contributed by atoms with Gasteiger partial charge < -0.3 is 0 Å². The first-order valence-electron chi connectivity index (χ1n) is 14.0. The molecule has 0 heteroatoms. The number of hydrogen-bond donors (Lipinski definition) is 0. The minimum absolute atomic E-state index is 0.660. The first-order valence-corrected chi connectivity index (χ1v) is 14.0. The molecule has 0 spiro atoms. The fourth-order valence-corrected chi connectivity index (χ4v) is 6.29. The summed E-state index contributed by atoms with van der Waals surface area (Å²) in [5, 5.41) is 0. The first-order chi connectivity index (χ1) is 15.2. The standard InChI is InChI=1S/C31H50/c1-3-5-11-22-31(23-12-8-13-24-31)25-21-30(26-28-15-9-7-10-16-28)29-19-17-27(18-20-29)14-6-4-2/h15,17-20,30H,3-14,16,21-26H2,1-2H3. The van der Waals surface area contributed by atoms with Gasteiger partial charge in [0.25, 0.3) is 0 Å². The number of rotatable bonds is 13. The fraction of sp³-hybridized carbons (Fsp3) is 0.742. The Morgan fingerprint density at radius 1 is 0.806 bits per heavy atom. The van der Waals surface area contributed by atoms with Gasteiger partial charge in [-0.25, -0.2) is 0 Å². The van der Waals surface area contributed by atoms with E-state index in [4.69, 9.17) is 0 Å². The van der Waals surface area contributed by atoms with Crippen LogP contribution < -0.4 is 0 Å². The lowest BCUT2D eigenvalue weighted by Gasteiger charge is -2.39. The largest absolute Gasteiger partial charge is 0.0853 e. The molecular weight excluding hydrogens is 372 g/mol. The monoisotopic (exact) mass is 422 g/mol. The predicted octanol–water partition coefficient (Wildman–Crippen LogP) is 10.3. The van der Waals surface area contributed by atoms with Crippen LogP contribution in [0.15, 0.2) is 35.9 Å². The number of aryl methyl sites for hydroxylation is 1. The summed E-state index contributed by atoms with van der Waals surface area (Å²) in [7, 11) is 0. The molecular formula is C31H50. The Bertz CT molecular complexity index is 629. The van der Waals surface area contributed by atoms with Crippen molar-refractivity contribution in [1.82, 2.24) is 0 Å². The molecule has 1 aromatic rings. The molecule has 2 aliphatic carbocycles. The van der Waals surface area contributed by atoms with E-state index in [-0.39, 0.29) is 0 Å². The van der Waals surface area contributed by atoms with Crippen LogP contribution in [-0.2, 0) is 6.42 Å². The van der Waals surface area contributed by atoms with Crippen molar-refractivity contribution in [1.29, 1.82) is 0 Å². The lowest BCUT2D eigenvalue weighted by molar-refractivity contribution is 0.144. The molecule has 3 rings (SSSR count). The minimum Gasteiger partial charge on any atom is -0.0853 e. The molecule has 1 atom stereocenters. The van der Waals surface area contributed by atoms with Crippen LogP contribution >= 0.6 is 0 Å². The third-order valence-electron chi connectivity index (χ3n) is 8.41. The highest BCUT2D eigenvalue weighted by molar-refractivity contribution is 5.27. The SMILES string of the molecule is CCCCCC1(CCC(CC2=CCCCC2)c2ccc(CCCC)cc2)CCCCC1. The molecule has 2 aliphatic rings. The molecule has 1 fully saturated rings. The Balaban J connectivity index is 1.69. The molecule has 1 aromatic carbocycles. The summed E-state index contributed by atoms with van der Waals surface area (Å²) in [6.45, 7) is 4.65. The zero-order valence-corrected chi connectivity index (χ0v) is 20.9. The molecule has 174 valence electrons. The molecule has 0 heterocycles. The summed E-state index contributed by atoms with van der Waals surface area (Å²) in [4.78, 5) is 0. The summed E-state index contributed by atoms with van der Waals surface area (Å²) in [5.41, 5.74) is 5.57. The summed E-state index contributed by atoms with van der Waals surface area (Å²) >= 11 is 0. The van der Waals surface area contributed by atoms with E-state index in [0.29, 0.717) is 5.41 Å². The van der Waals surface area contributed by atoms with Gasteiger partial charge in [0.05, 0.1) is 0 Å². The van der Waals surface area contributed by atoms with Crippen molar-refractivity contribution in [2.75, 3.05) is 0 Å². The maximum absolute atomic E-state index is 2.59. The Morgan fingerprint density at radius 2 is 1.58 bits per heavy atom. The molecule has 0 radical (unpaired) electrons. The normalized spacial score (nSPS) is 19.7. The average Bonchev–Trinajstić information content (AvgIpc) is 2.82. The van der Waals surface area contributed by atoms with Crippen molar-refractivity contribution in [2.45, 2.75) is 142 Å². The van der Waals surface area contributed by atoms with E-state index in [1.165, 1.54) is 128 Å². The van der Waals surface area contributed by atoms with Gasteiger partial charge in [-0.1, -0.05) is 94.7 Å². The van der Waals surface area contributed by atoms with Gasteiger partial charge in [-0.05, 0) is 99.5 Å². The highest BCUT2D eigenvalue weighted by atomic mass is 14.4. The highest BCUT2D eigenvalue weighted by Gasteiger charge is 2.32. The Morgan fingerprint density at radius 3 is 2.26 bits per heavy atom. The Kier molecular flexibility index (Phi) is 10.7. The van der Waals surface area contributed by atoms with Gasteiger partial charge in [0.15, 0.2) is 0 Å². The zero-order valence-electron chi connectivity index (χ0n) is 20.9. The maximum atomic E-state index is 2.59. The number of benzene rings is 1. The van der Waals surface area contributed by atoms with Crippen LogP contribution in [0.1, 0.15) is 146 Å². The molecule has 0 aliphatic heterocycles. The third-order valence-corrected chi connectivity index (χ3v) is 8.41. The zero-order chi connectivity index (χ0) is 21.8. The van der Waals surface area contributed by atoms with Gasteiger partial charge in [-0.15, -0.1) is 0 Å². The van der Waals surface area contributed by atoms with E-state index in [0.717, 1.165) is 5.92 Å². The van der Waals surface area contributed by atoms with Crippen LogP contribution in [0.2, 0.25) is 0 Å². The Hall–Kier alpha value is -1.04. The van der Waals surface area contributed by atoms with Crippen molar-refractivity contribution < 1.29 is 0 Å². The molecule has 0 saturated heterocycles. The van der Waals surface area contributed by atoms with Crippen molar-refractivity contribution in [3.8, 4) is 0 Å². The summed E-state index contributed by atoms with van der Waals surface area (Å²) in [5.74, 6) is 0.731. The highest BCUT2D eigenvalue weighted by Crippen LogP contribution is 2.46. The van der Waals surface area contributed by atoms with E-state index in [2.05, 4.69) is 44.2 Å². The van der Waals surface area contributed by atoms with Crippen molar-refractivity contribution in [2.24, 2.45) is 5.41 Å². The second-order valence-electron chi connectivity index (χ2n) is 10.9. The predicted molar refractivity (Wildman–Crippen MR) is 138 cm³/mol. The van der Waals surface area contributed by atoms with Crippen molar-refractivity contribution in [3.05, 3.63) is 47.0 Å². The molecule has 31 heavy (non-hydrogen) atoms. The van der Waals surface area contributed by atoms with E-state index in [1.807, 2.05) is 0 Å². The molecule has 1 unspecified atom stereocenters. The van der Waals surface area contributed by atoms with Crippen LogP contribution in [-0.4, -0.2) is 0 Å². The minimum atomic E-state index is 0.660. The second-order valence-corrected chi connectivity index (χ2v) is 10.9. The maximum Gasteiger partial charge on any atom is -0.0125 e. The van der Waals surface area contributed by atoms with Crippen molar-refractivity contribution >= 4 is 0 Å². The number of hydrogen-bond acceptors (Lipinski definition) is 0. The molecule has 0 nitrogen and oxygen atoms in total. The summed E-state index contributed by atoms with van der Waals surface area (Å²) in [6.07, 6.45) is 29.3. The van der Waals surface area contributed by atoms with Gasteiger partial charge >= 0.3 is 0 Å². The lowest BCUT2D eigenvalue weighted by Crippen LogP contribution is -2.25. The van der Waals surface area contributed by atoms with E-state index in [9.17, 15) is 0 Å². The van der Waals surface area contributed by atoms with Gasteiger partial charge in [0.1, 0.15) is 0 Å². The van der Waals surface area contributed by atoms with Gasteiger partial charge in [-0.2, -0.15) is 0 Å². The first kappa shape index (κ1) is 24.6. The van der Waals surface area contributed by atoms with Crippen molar-refractivity contribution in [3.63, 3.8) is 0 Å². The molecule has 1 saturated carbocycles. The Labute approximate surface area is 194 Å². The topological polar surface area (TPSA) is 0 Å². The molecule has 0 aromatic heterocycles. The van der Waals surface area contributed by atoms with Crippen LogP contribution in [0.5, 0.6) is 0 Å². The number of allylic oxidation sites excluding steroid dienone is 2. The number of unbranched alkanes of at least 4 members (excludes halogenated alkanes) is 3.